The first-order chi connectivity index (χ1) is 18.1. The Morgan fingerprint density at radius 2 is 1.90 bits per heavy atom. The monoisotopic (exact) mass is 605 g/mol. The molecule has 1 heterocycles. The second-order valence-corrected chi connectivity index (χ2v) is 12.4. The third-order valence-corrected chi connectivity index (χ3v) is 7.93. The van der Waals surface area contributed by atoms with E-state index in [0.29, 0.717) is 15.1 Å². The SMILES string of the molecule is CC(C)(C)C(=O)OCOP(=O)(O)C(C(=O)N/C=C/c1cccc(OC(F)(F)F)c1)c1csc2ccc(Cl)cc12. The highest BCUT2D eigenvalue weighted by Gasteiger charge is 2.42. The molecule has 2 atom stereocenters. The largest absolute Gasteiger partial charge is 0.573 e. The average Bonchev–Trinajstić information content (AvgIpc) is 3.19. The molecule has 0 aliphatic heterocycles. The predicted octanol–water partition coefficient (Wildman–Crippen LogP) is 7.03. The van der Waals surface area contributed by atoms with Gasteiger partial charge in [0.15, 0.2) is 5.66 Å². The van der Waals surface area contributed by atoms with E-state index in [0.717, 1.165) is 18.3 Å². The van der Waals surface area contributed by atoms with E-state index in [-0.39, 0.29) is 11.1 Å². The molecule has 8 nitrogen and oxygen atoms in total. The first-order valence-electron chi connectivity index (χ1n) is 11.2. The van der Waals surface area contributed by atoms with E-state index < -0.39 is 49.5 Å². The first kappa shape index (κ1) is 30.6. The van der Waals surface area contributed by atoms with Gasteiger partial charge in [0.2, 0.25) is 12.7 Å². The van der Waals surface area contributed by atoms with Crippen molar-refractivity contribution in [2.45, 2.75) is 32.8 Å². The molecule has 0 saturated heterocycles. The minimum Gasteiger partial charge on any atom is -0.438 e. The second kappa shape index (κ2) is 12.1. The highest BCUT2D eigenvalue weighted by atomic mass is 35.5. The average molecular weight is 606 g/mol. The van der Waals surface area contributed by atoms with E-state index in [9.17, 15) is 32.2 Å². The lowest BCUT2D eigenvalue weighted by molar-refractivity contribution is -0.274. The number of carbonyl (C=O) groups excluding carboxylic acids is 2. The molecule has 3 rings (SSSR count). The fourth-order valence-corrected chi connectivity index (χ4v) is 5.79. The van der Waals surface area contributed by atoms with E-state index in [1.165, 1.54) is 41.0 Å². The zero-order chi connectivity index (χ0) is 29.0. The van der Waals surface area contributed by atoms with Crippen LogP contribution in [0.5, 0.6) is 5.75 Å². The summed E-state index contributed by atoms with van der Waals surface area (Å²) in [5.74, 6) is -2.11. The summed E-state index contributed by atoms with van der Waals surface area (Å²) in [6.07, 6.45) is -2.50. The molecule has 2 aromatic carbocycles. The Morgan fingerprint density at radius 3 is 2.56 bits per heavy atom. The van der Waals surface area contributed by atoms with Gasteiger partial charge in [0.1, 0.15) is 5.75 Å². The molecule has 210 valence electrons. The smallest absolute Gasteiger partial charge is 0.438 e. The molecule has 0 fully saturated rings. The maximum atomic E-state index is 13.3. The summed E-state index contributed by atoms with van der Waals surface area (Å²) < 4.78 is 65.4. The van der Waals surface area contributed by atoms with Gasteiger partial charge in [-0.15, -0.1) is 24.5 Å². The van der Waals surface area contributed by atoms with Gasteiger partial charge in [-0.2, -0.15) is 0 Å². The first-order valence-corrected chi connectivity index (χ1v) is 14.1. The summed E-state index contributed by atoms with van der Waals surface area (Å²) >= 11 is 7.31. The summed E-state index contributed by atoms with van der Waals surface area (Å²) in [7, 11) is -4.82. The number of halogens is 4. The molecule has 1 amide bonds. The summed E-state index contributed by atoms with van der Waals surface area (Å²) in [4.78, 5) is 36.1. The number of alkyl halides is 3. The summed E-state index contributed by atoms with van der Waals surface area (Å²) in [5, 5.41) is 4.65. The number of fused-ring (bicyclic) bond motifs is 1. The van der Waals surface area contributed by atoms with Gasteiger partial charge in [-0.25, -0.2) is 0 Å². The molecule has 1 aromatic heterocycles. The normalized spacial score (nSPS) is 14.7. The molecule has 2 unspecified atom stereocenters. The van der Waals surface area contributed by atoms with Crippen LogP contribution < -0.4 is 10.1 Å². The maximum absolute atomic E-state index is 13.3. The van der Waals surface area contributed by atoms with E-state index >= 15 is 0 Å². The highest BCUT2D eigenvalue weighted by molar-refractivity contribution is 7.54. The van der Waals surface area contributed by atoms with Crippen molar-refractivity contribution in [3.8, 4) is 5.75 Å². The van der Waals surface area contributed by atoms with Crippen molar-refractivity contribution in [3.63, 3.8) is 0 Å². The molecular formula is C25H24ClF3NO7PS. The number of esters is 1. The summed E-state index contributed by atoms with van der Waals surface area (Å²) in [5.41, 5.74) is -2.26. The van der Waals surface area contributed by atoms with Crippen molar-refractivity contribution >= 4 is 58.6 Å². The van der Waals surface area contributed by atoms with Crippen molar-refractivity contribution in [1.29, 1.82) is 0 Å². The molecule has 0 saturated carbocycles. The van der Waals surface area contributed by atoms with Gasteiger partial charge in [0.25, 0.3) is 0 Å². The summed E-state index contributed by atoms with van der Waals surface area (Å²) in [6.45, 7) is 3.88. The minimum atomic E-state index is -4.88. The number of thiophene rings is 1. The number of ether oxygens (including phenoxy) is 2. The Kier molecular flexibility index (Phi) is 9.51. The van der Waals surface area contributed by atoms with Crippen LogP contribution in [0, 0.1) is 5.41 Å². The predicted molar refractivity (Wildman–Crippen MR) is 141 cm³/mol. The van der Waals surface area contributed by atoms with Gasteiger partial charge >= 0.3 is 19.9 Å². The van der Waals surface area contributed by atoms with Gasteiger partial charge in [-0.3, -0.25) is 18.7 Å². The standard InChI is InChI=1S/C25H24ClF3NO7PS/c1-24(2,3)23(32)35-14-36-38(33,34)21(19-13-39-20-8-7-16(26)12-18(19)20)22(31)30-10-9-15-5-4-6-17(11-15)37-25(27,28)29/h4-13,21H,14H2,1-3H3,(H,30,31)(H,33,34)/b10-9+. The van der Waals surface area contributed by atoms with Gasteiger partial charge in [0.05, 0.1) is 5.41 Å². The summed E-state index contributed by atoms with van der Waals surface area (Å²) in [6, 6.07) is 9.82. The van der Waals surface area contributed by atoms with Crippen LogP contribution in [0.4, 0.5) is 13.2 Å². The Hall–Kier alpha value is -2.89. The van der Waals surface area contributed by atoms with Crippen molar-refractivity contribution in [1.82, 2.24) is 5.32 Å². The van der Waals surface area contributed by atoms with E-state index in [1.54, 1.807) is 32.9 Å². The van der Waals surface area contributed by atoms with Crippen LogP contribution in [-0.4, -0.2) is 29.9 Å². The third kappa shape index (κ3) is 8.55. The third-order valence-electron chi connectivity index (χ3n) is 5.07. The van der Waals surface area contributed by atoms with Crippen molar-refractivity contribution in [3.05, 3.63) is 70.2 Å². The molecule has 0 aliphatic carbocycles. The lowest BCUT2D eigenvalue weighted by Crippen LogP contribution is -2.27. The number of nitrogens with one attached hydrogen (secondary N) is 1. The molecule has 0 aliphatic rings. The highest BCUT2D eigenvalue weighted by Crippen LogP contribution is 2.58. The number of amides is 1. The minimum absolute atomic E-state index is 0.150. The molecule has 2 N–H and O–H groups in total. The number of benzene rings is 2. The maximum Gasteiger partial charge on any atom is 0.573 e. The van der Waals surface area contributed by atoms with Gasteiger partial charge in [0, 0.05) is 15.9 Å². The zero-order valence-corrected chi connectivity index (χ0v) is 23.3. The van der Waals surface area contributed by atoms with Gasteiger partial charge < -0.3 is 19.7 Å². The van der Waals surface area contributed by atoms with Crippen LogP contribution in [0.25, 0.3) is 16.2 Å². The number of hydrogen-bond acceptors (Lipinski definition) is 7. The van der Waals surface area contributed by atoms with E-state index in [2.05, 4.69) is 10.1 Å². The van der Waals surface area contributed by atoms with Crippen LogP contribution in [0.15, 0.2) is 54.0 Å². The van der Waals surface area contributed by atoms with Crippen molar-refractivity contribution in [2.75, 3.05) is 6.79 Å². The molecule has 14 heteroatoms. The fraction of sp³-hybridized carbons (Fsp3) is 0.280. The van der Waals surface area contributed by atoms with Crippen LogP contribution in [0.3, 0.4) is 0 Å². The Labute approximate surface area is 230 Å². The lowest BCUT2D eigenvalue weighted by Gasteiger charge is -2.22. The van der Waals surface area contributed by atoms with Crippen molar-refractivity contribution < 1.29 is 46.2 Å². The zero-order valence-electron chi connectivity index (χ0n) is 20.8. The number of carbonyl (C=O) groups is 2. The molecule has 39 heavy (non-hydrogen) atoms. The van der Waals surface area contributed by atoms with Crippen molar-refractivity contribution in [2.24, 2.45) is 5.41 Å². The van der Waals surface area contributed by atoms with E-state index in [4.69, 9.17) is 20.9 Å². The molecule has 0 radical (unpaired) electrons. The second-order valence-electron chi connectivity index (χ2n) is 9.19. The van der Waals surface area contributed by atoms with Gasteiger partial charge in [-0.05, 0) is 79.1 Å². The molecular weight excluding hydrogens is 582 g/mol. The Balaban J connectivity index is 1.86. The number of hydrogen-bond donors (Lipinski definition) is 2. The number of rotatable bonds is 9. The van der Waals surface area contributed by atoms with Crippen LogP contribution in [-0.2, 0) is 23.4 Å². The fourth-order valence-electron chi connectivity index (χ4n) is 3.26. The van der Waals surface area contributed by atoms with E-state index in [1.807, 2.05) is 0 Å². The Bertz CT molecular complexity index is 1440. The van der Waals surface area contributed by atoms with Crippen LogP contribution >= 0.6 is 30.5 Å². The van der Waals surface area contributed by atoms with Crippen LogP contribution in [0.1, 0.15) is 37.6 Å². The van der Waals surface area contributed by atoms with Gasteiger partial charge in [-0.1, -0.05) is 23.7 Å². The van der Waals surface area contributed by atoms with Crippen LogP contribution in [0.2, 0.25) is 5.02 Å². The Morgan fingerprint density at radius 1 is 1.18 bits per heavy atom. The molecule has 0 spiro atoms. The molecule has 0 bridgehead atoms. The molecule has 3 aromatic rings. The quantitative estimate of drug-likeness (QED) is 0.153. The topological polar surface area (TPSA) is 111 Å². The lowest BCUT2D eigenvalue weighted by atomic mass is 9.98.